The van der Waals surface area contributed by atoms with E-state index in [0.29, 0.717) is 43.5 Å². The summed E-state index contributed by atoms with van der Waals surface area (Å²) in [6, 6.07) is 4.69. The molecule has 0 bridgehead atoms. The SMILES string of the molecule is CC(C)(C)OC(=O)N1CCC2(CC1)Cc1c(F)cccc1C2=O. The van der Waals surface area contributed by atoms with E-state index in [1.54, 1.807) is 17.0 Å². The molecule has 5 heteroatoms. The average Bonchev–Trinajstić information content (AvgIpc) is 2.73. The van der Waals surface area contributed by atoms with Crippen molar-refractivity contribution in [2.24, 2.45) is 5.41 Å². The summed E-state index contributed by atoms with van der Waals surface area (Å²) in [4.78, 5) is 26.5. The standard InChI is InChI=1S/C18H22FNO3/c1-17(2,3)23-16(22)20-9-7-18(8-10-20)11-13-12(15(18)21)5-4-6-14(13)19/h4-6H,7-11H2,1-3H3. The fourth-order valence-electron chi connectivity index (χ4n) is 3.50. The van der Waals surface area contributed by atoms with Crippen LogP contribution in [0.4, 0.5) is 9.18 Å². The fraction of sp³-hybridized carbons (Fsp3) is 0.556. The maximum atomic E-state index is 14.0. The molecule has 2 aliphatic rings. The van der Waals surface area contributed by atoms with E-state index in [9.17, 15) is 14.0 Å². The van der Waals surface area contributed by atoms with Crippen LogP contribution in [-0.2, 0) is 11.2 Å². The van der Waals surface area contributed by atoms with Crippen LogP contribution in [0.1, 0.15) is 49.5 Å². The summed E-state index contributed by atoms with van der Waals surface area (Å²) in [7, 11) is 0. The van der Waals surface area contributed by atoms with Gasteiger partial charge in [-0.2, -0.15) is 0 Å². The van der Waals surface area contributed by atoms with Gasteiger partial charge in [0.2, 0.25) is 0 Å². The highest BCUT2D eigenvalue weighted by molar-refractivity contribution is 6.05. The number of likely N-dealkylation sites (tertiary alicyclic amines) is 1. The molecule has 0 saturated carbocycles. The number of benzene rings is 1. The number of nitrogens with zero attached hydrogens (tertiary/aromatic N) is 1. The normalized spacial score (nSPS) is 19.8. The maximum Gasteiger partial charge on any atom is 0.410 e. The van der Waals surface area contributed by atoms with Gasteiger partial charge in [0.25, 0.3) is 0 Å². The van der Waals surface area contributed by atoms with Crippen molar-refractivity contribution < 1.29 is 18.7 Å². The zero-order chi connectivity index (χ0) is 16.8. The van der Waals surface area contributed by atoms with Crippen molar-refractivity contribution in [1.29, 1.82) is 0 Å². The van der Waals surface area contributed by atoms with Crippen LogP contribution in [0.3, 0.4) is 0 Å². The highest BCUT2D eigenvalue weighted by Gasteiger charge is 2.48. The van der Waals surface area contributed by atoms with Gasteiger partial charge in [-0.25, -0.2) is 9.18 Å². The molecule has 1 spiro atoms. The number of ether oxygens (including phenoxy) is 1. The lowest BCUT2D eigenvalue weighted by atomic mass is 9.75. The molecule has 1 aliphatic carbocycles. The third-order valence-corrected chi connectivity index (χ3v) is 4.73. The minimum absolute atomic E-state index is 0.0239. The lowest BCUT2D eigenvalue weighted by Gasteiger charge is -2.38. The average molecular weight is 319 g/mol. The van der Waals surface area contributed by atoms with E-state index in [1.165, 1.54) is 6.07 Å². The van der Waals surface area contributed by atoms with E-state index >= 15 is 0 Å². The molecule has 1 heterocycles. The van der Waals surface area contributed by atoms with Crippen LogP contribution in [-0.4, -0.2) is 35.5 Å². The van der Waals surface area contributed by atoms with Crippen LogP contribution in [0.5, 0.6) is 0 Å². The first-order chi connectivity index (χ1) is 10.7. The van der Waals surface area contributed by atoms with E-state index in [2.05, 4.69) is 0 Å². The Morgan fingerprint density at radius 2 is 1.91 bits per heavy atom. The highest BCUT2D eigenvalue weighted by atomic mass is 19.1. The molecule has 0 N–H and O–H groups in total. The molecular formula is C18H22FNO3. The van der Waals surface area contributed by atoms with E-state index in [0.717, 1.165) is 0 Å². The number of halogens is 1. The van der Waals surface area contributed by atoms with Gasteiger partial charge in [0, 0.05) is 24.1 Å². The molecule has 1 saturated heterocycles. The quantitative estimate of drug-likeness (QED) is 0.734. The third-order valence-electron chi connectivity index (χ3n) is 4.73. The summed E-state index contributed by atoms with van der Waals surface area (Å²) >= 11 is 0. The lowest BCUT2D eigenvalue weighted by Crippen LogP contribution is -2.47. The van der Waals surface area contributed by atoms with Gasteiger partial charge in [0.15, 0.2) is 5.78 Å². The number of hydrogen-bond acceptors (Lipinski definition) is 3. The number of hydrogen-bond donors (Lipinski definition) is 0. The summed E-state index contributed by atoms with van der Waals surface area (Å²) in [6.45, 7) is 6.43. The second kappa shape index (κ2) is 5.32. The van der Waals surface area contributed by atoms with Crippen LogP contribution < -0.4 is 0 Å². The molecule has 0 atom stereocenters. The van der Waals surface area contributed by atoms with E-state index in [4.69, 9.17) is 4.74 Å². The zero-order valence-electron chi connectivity index (χ0n) is 13.8. The number of carbonyl (C=O) groups excluding carboxylic acids is 2. The van der Waals surface area contributed by atoms with Gasteiger partial charge in [-0.3, -0.25) is 4.79 Å². The van der Waals surface area contributed by atoms with Crippen LogP contribution in [0, 0.1) is 11.2 Å². The molecule has 0 unspecified atom stereocenters. The smallest absolute Gasteiger partial charge is 0.410 e. The number of carbonyl (C=O) groups is 2. The van der Waals surface area contributed by atoms with Crippen molar-refractivity contribution in [3.63, 3.8) is 0 Å². The molecule has 1 aliphatic heterocycles. The molecule has 4 nitrogen and oxygen atoms in total. The van der Waals surface area contributed by atoms with Crippen molar-refractivity contribution in [1.82, 2.24) is 4.90 Å². The third kappa shape index (κ3) is 2.84. The van der Waals surface area contributed by atoms with Gasteiger partial charge in [0.05, 0.1) is 0 Å². The fourth-order valence-corrected chi connectivity index (χ4v) is 3.50. The van der Waals surface area contributed by atoms with Crippen LogP contribution >= 0.6 is 0 Å². The molecule has 0 aromatic heterocycles. The van der Waals surface area contributed by atoms with Crippen molar-refractivity contribution in [3.8, 4) is 0 Å². The summed E-state index contributed by atoms with van der Waals surface area (Å²) in [6.07, 6.45) is 1.20. The number of ketones is 1. The number of rotatable bonds is 0. The first-order valence-electron chi connectivity index (χ1n) is 8.02. The largest absolute Gasteiger partial charge is 0.444 e. The molecule has 23 heavy (non-hydrogen) atoms. The Morgan fingerprint density at radius 3 is 2.48 bits per heavy atom. The predicted molar refractivity (Wildman–Crippen MR) is 83.9 cm³/mol. The number of piperidine rings is 1. The molecule has 1 aromatic carbocycles. The molecule has 124 valence electrons. The topological polar surface area (TPSA) is 46.6 Å². The Balaban J connectivity index is 1.72. The monoisotopic (exact) mass is 319 g/mol. The second-order valence-corrected chi connectivity index (χ2v) is 7.52. The van der Waals surface area contributed by atoms with Crippen LogP contribution in [0.25, 0.3) is 0 Å². The number of Topliss-reactive ketones (excluding diaryl/α,β-unsaturated/α-hetero) is 1. The first kappa shape index (κ1) is 16.0. The van der Waals surface area contributed by atoms with Crippen molar-refractivity contribution in [3.05, 3.63) is 35.1 Å². The van der Waals surface area contributed by atoms with Crippen molar-refractivity contribution >= 4 is 11.9 Å². The van der Waals surface area contributed by atoms with Gasteiger partial charge in [-0.05, 0) is 51.7 Å². The summed E-state index contributed by atoms with van der Waals surface area (Å²) < 4.78 is 19.3. The van der Waals surface area contributed by atoms with E-state index < -0.39 is 11.0 Å². The van der Waals surface area contributed by atoms with Gasteiger partial charge >= 0.3 is 6.09 Å². The van der Waals surface area contributed by atoms with Gasteiger partial charge in [-0.15, -0.1) is 0 Å². The number of fused-ring (bicyclic) bond motifs is 1. The zero-order valence-corrected chi connectivity index (χ0v) is 13.8. The maximum absolute atomic E-state index is 14.0. The van der Waals surface area contributed by atoms with Gasteiger partial charge in [-0.1, -0.05) is 12.1 Å². The van der Waals surface area contributed by atoms with E-state index in [1.807, 2.05) is 20.8 Å². The summed E-state index contributed by atoms with van der Waals surface area (Å²) in [5.74, 6) is -0.280. The minimum atomic E-state index is -0.553. The van der Waals surface area contributed by atoms with Crippen molar-refractivity contribution in [2.45, 2.75) is 45.6 Å². The van der Waals surface area contributed by atoms with Gasteiger partial charge < -0.3 is 9.64 Å². The number of amides is 1. The van der Waals surface area contributed by atoms with E-state index in [-0.39, 0.29) is 17.7 Å². The molecule has 1 fully saturated rings. The Bertz CT molecular complexity index is 655. The molecule has 3 rings (SSSR count). The second-order valence-electron chi connectivity index (χ2n) is 7.52. The minimum Gasteiger partial charge on any atom is -0.444 e. The Kier molecular flexibility index (Phi) is 3.69. The molecule has 1 amide bonds. The van der Waals surface area contributed by atoms with Gasteiger partial charge in [0.1, 0.15) is 11.4 Å². The molecule has 1 aromatic rings. The van der Waals surface area contributed by atoms with Crippen LogP contribution in [0.2, 0.25) is 0 Å². The summed E-state index contributed by atoms with van der Waals surface area (Å²) in [5.41, 5.74) is -0.0448. The highest BCUT2D eigenvalue weighted by Crippen LogP contribution is 2.45. The van der Waals surface area contributed by atoms with Crippen molar-refractivity contribution in [2.75, 3.05) is 13.1 Å². The summed E-state index contributed by atoms with van der Waals surface area (Å²) in [5, 5.41) is 0. The lowest BCUT2D eigenvalue weighted by molar-refractivity contribution is 0.0113. The Labute approximate surface area is 135 Å². The predicted octanol–water partition coefficient (Wildman–Crippen LogP) is 3.58. The first-order valence-corrected chi connectivity index (χ1v) is 8.02. The molecule has 0 radical (unpaired) electrons. The molecular weight excluding hydrogens is 297 g/mol. The Morgan fingerprint density at radius 1 is 1.26 bits per heavy atom. The Hall–Kier alpha value is -1.91. The van der Waals surface area contributed by atoms with Crippen LogP contribution in [0.15, 0.2) is 18.2 Å².